The quantitative estimate of drug-likeness (QED) is 0.621. The highest BCUT2D eigenvalue weighted by Crippen LogP contribution is 2.26. The molecule has 0 bridgehead atoms. The van der Waals surface area contributed by atoms with Gasteiger partial charge in [-0.1, -0.05) is 43.2 Å². The Balaban J connectivity index is 1.82. The number of hydrogen-bond acceptors (Lipinski definition) is 4. The number of nitrogens with one attached hydrogen (secondary N) is 1. The molecule has 1 heterocycles. The van der Waals surface area contributed by atoms with Crippen LogP contribution in [0.1, 0.15) is 36.0 Å². The summed E-state index contributed by atoms with van der Waals surface area (Å²) in [6.07, 6.45) is 5.35. The van der Waals surface area contributed by atoms with E-state index >= 15 is 0 Å². The number of carbonyl (C=O) groups is 1. The number of sulfonamides is 1. The molecule has 0 atom stereocenters. The van der Waals surface area contributed by atoms with Crippen molar-refractivity contribution in [1.29, 1.82) is 0 Å². The van der Waals surface area contributed by atoms with Gasteiger partial charge in [0, 0.05) is 24.8 Å². The van der Waals surface area contributed by atoms with E-state index < -0.39 is 15.9 Å². The first-order valence-electron chi connectivity index (χ1n) is 9.86. The molecule has 1 aliphatic heterocycles. The van der Waals surface area contributed by atoms with E-state index in [2.05, 4.69) is 11.9 Å². The van der Waals surface area contributed by atoms with Gasteiger partial charge in [-0.05, 0) is 43.2 Å². The van der Waals surface area contributed by atoms with Gasteiger partial charge in [-0.25, -0.2) is 8.42 Å². The Bertz CT molecular complexity index is 1020. The number of hydrogen-bond donors (Lipinski definition) is 1. The van der Waals surface area contributed by atoms with Crippen LogP contribution in [-0.4, -0.2) is 38.3 Å². The predicted molar refractivity (Wildman–Crippen MR) is 119 cm³/mol. The lowest BCUT2D eigenvalue weighted by atomic mass is 10.2. The molecule has 3 rings (SSSR count). The van der Waals surface area contributed by atoms with Crippen LogP contribution in [-0.2, 0) is 10.0 Å². The van der Waals surface area contributed by atoms with Crippen LogP contribution < -0.4 is 10.1 Å². The molecular formula is C22H25ClN2O4S. The summed E-state index contributed by atoms with van der Waals surface area (Å²) < 4.78 is 33.1. The summed E-state index contributed by atoms with van der Waals surface area (Å²) in [6.45, 7) is 4.93. The molecule has 2 aromatic carbocycles. The van der Waals surface area contributed by atoms with Crippen LogP contribution >= 0.6 is 11.6 Å². The fraction of sp³-hybridized carbons (Fsp3) is 0.318. The van der Waals surface area contributed by atoms with E-state index in [1.165, 1.54) is 22.5 Å². The van der Waals surface area contributed by atoms with E-state index in [0.29, 0.717) is 31.1 Å². The topological polar surface area (TPSA) is 75.7 Å². The van der Waals surface area contributed by atoms with Crippen molar-refractivity contribution in [2.45, 2.75) is 30.6 Å². The number of amides is 1. The second kappa shape index (κ2) is 10.1. The average molecular weight is 449 g/mol. The molecule has 0 spiro atoms. The normalized spacial score (nSPS) is 15.2. The average Bonchev–Trinajstić information content (AvgIpc) is 3.03. The lowest BCUT2D eigenvalue weighted by molar-refractivity contribution is 0.102. The number of ether oxygens (including phenoxy) is 1. The summed E-state index contributed by atoms with van der Waals surface area (Å²) in [7, 11) is -3.68. The monoisotopic (exact) mass is 448 g/mol. The zero-order valence-corrected chi connectivity index (χ0v) is 18.2. The number of nitrogens with zero attached hydrogens (tertiary/aromatic N) is 1. The van der Waals surface area contributed by atoms with Gasteiger partial charge in [-0.2, -0.15) is 4.31 Å². The molecule has 2 aromatic rings. The minimum Gasteiger partial charge on any atom is -0.489 e. The van der Waals surface area contributed by atoms with E-state index in [1.54, 1.807) is 30.3 Å². The molecule has 0 saturated carbocycles. The smallest absolute Gasteiger partial charge is 0.257 e. The first-order chi connectivity index (χ1) is 14.4. The first kappa shape index (κ1) is 22.3. The van der Waals surface area contributed by atoms with E-state index in [0.717, 1.165) is 25.7 Å². The van der Waals surface area contributed by atoms with Crippen molar-refractivity contribution in [3.8, 4) is 5.75 Å². The third-order valence-corrected chi connectivity index (χ3v) is 7.07. The van der Waals surface area contributed by atoms with Crippen molar-refractivity contribution >= 4 is 33.2 Å². The Hall–Kier alpha value is -2.35. The highest BCUT2D eigenvalue weighted by atomic mass is 35.5. The molecule has 1 fully saturated rings. The van der Waals surface area contributed by atoms with Gasteiger partial charge in [0.25, 0.3) is 5.91 Å². The van der Waals surface area contributed by atoms with Crippen LogP contribution in [0, 0.1) is 0 Å². The van der Waals surface area contributed by atoms with Crippen molar-refractivity contribution in [3.63, 3.8) is 0 Å². The molecule has 0 aliphatic carbocycles. The zero-order valence-electron chi connectivity index (χ0n) is 16.6. The van der Waals surface area contributed by atoms with E-state index in [-0.39, 0.29) is 15.5 Å². The lowest BCUT2D eigenvalue weighted by Gasteiger charge is -2.20. The van der Waals surface area contributed by atoms with Gasteiger partial charge in [-0.15, -0.1) is 0 Å². The Morgan fingerprint density at radius 2 is 1.87 bits per heavy atom. The van der Waals surface area contributed by atoms with Crippen LogP contribution in [0.5, 0.6) is 5.75 Å². The van der Waals surface area contributed by atoms with Crippen molar-refractivity contribution < 1.29 is 17.9 Å². The summed E-state index contributed by atoms with van der Waals surface area (Å²) in [5, 5.41) is 2.93. The number of carbonyl (C=O) groups excluding carboxylic acids is 1. The van der Waals surface area contributed by atoms with Gasteiger partial charge < -0.3 is 10.1 Å². The Morgan fingerprint density at radius 1 is 1.13 bits per heavy atom. The maximum Gasteiger partial charge on any atom is 0.257 e. The van der Waals surface area contributed by atoms with Crippen LogP contribution in [0.3, 0.4) is 0 Å². The van der Waals surface area contributed by atoms with Gasteiger partial charge in [-0.3, -0.25) is 4.79 Å². The third-order valence-electron chi connectivity index (χ3n) is 4.85. The van der Waals surface area contributed by atoms with Crippen molar-refractivity contribution in [1.82, 2.24) is 4.31 Å². The number of halogens is 1. The minimum absolute atomic E-state index is 0.0713. The fourth-order valence-electron chi connectivity index (χ4n) is 3.29. The molecule has 1 saturated heterocycles. The Labute approximate surface area is 182 Å². The van der Waals surface area contributed by atoms with Crippen molar-refractivity contribution in [3.05, 3.63) is 65.7 Å². The van der Waals surface area contributed by atoms with E-state index in [9.17, 15) is 13.2 Å². The van der Waals surface area contributed by atoms with Gasteiger partial charge >= 0.3 is 0 Å². The van der Waals surface area contributed by atoms with E-state index in [1.807, 2.05) is 0 Å². The number of rotatable bonds is 7. The number of benzene rings is 2. The third kappa shape index (κ3) is 5.41. The summed E-state index contributed by atoms with van der Waals surface area (Å²) in [5.74, 6) is 0.0880. The van der Waals surface area contributed by atoms with Crippen molar-refractivity contribution in [2.75, 3.05) is 25.0 Å². The van der Waals surface area contributed by atoms with Gasteiger partial charge in [0.2, 0.25) is 10.0 Å². The molecule has 0 unspecified atom stereocenters. The Kier molecular flexibility index (Phi) is 7.53. The lowest BCUT2D eigenvalue weighted by Crippen LogP contribution is -2.32. The summed E-state index contributed by atoms with van der Waals surface area (Å²) in [5.41, 5.74) is 0.614. The van der Waals surface area contributed by atoms with Crippen molar-refractivity contribution in [2.24, 2.45) is 0 Å². The first-order valence-corrected chi connectivity index (χ1v) is 11.7. The highest BCUT2D eigenvalue weighted by Gasteiger charge is 2.26. The molecule has 6 nitrogen and oxygen atoms in total. The summed E-state index contributed by atoms with van der Waals surface area (Å²) >= 11 is 6.21. The minimum atomic E-state index is -3.68. The fourth-order valence-corrected chi connectivity index (χ4v) is 5.03. The van der Waals surface area contributed by atoms with Gasteiger partial charge in [0.05, 0.1) is 15.5 Å². The molecule has 8 heteroatoms. The largest absolute Gasteiger partial charge is 0.489 e. The molecular weight excluding hydrogens is 424 g/mol. The van der Waals surface area contributed by atoms with Crippen LogP contribution in [0.4, 0.5) is 5.69 Å². The predicted octanol–water partition coefficient (Wildman–Crippen LogP) is 4.72. The highest BCUT2D eigenvalue weighted by molar-refractivity contribution is 7.89. The molecule has 1 aliphatic rings. The summed E-state index contributed by atoms with van der Waals surface area (Å²) in [4.78, 5) is 12.9. The molecule has 160 valence electrons. The second-order valence-electron chi connectivity index (χ2n) is 7.04. The molecule has 0 aromatic heterocycles. The number of anilines is 1. The molecule has 30 heavy (non-hydrogen) atoms. The maximum absolute atomic E-state index is 13.1. The van der Waals surface area contributed by atoms with Gasteiger partial charge in [0.1, 0.15) is 12.4 Å². The second-order valence-corrected chi connectivity index (χ2v) is 9.39. The van der Waals surface area contributed by atoms with Gasteiger partial charge in [0.15, 0.2) is 0 Å². The van der Waals surface area contributed by atoms with Crippen LogP contribution in [0.2, 0.25) is 5.02 Å². The molecule has 1 N–H and O–H groups in total. The van der Waals surface area contributed by atoms with E-state index in [4.69, 9.17) is 16.3 Å². The SMILES string of the molecule is C=CCOc1cccc(NC(=O)c2cc(S(=O)(=O)N3CCCCCC3)ccc2Cl)c1. The standard InChI is InChI=1S/C22H25ClN2O4S/c1-2-14-29-18-9-7-8-17(15-18)24-22(26)20-16-19(10-11-21(20)23)30(27,28)25-12-5-3-4-6-13-25/h2,7-11,15-16H,1,3-6,12-14H2,(H,24,26). The zero-order chi connectivity index (χ0) is 21.6. The summed E-state index contributed by atoms with van der Waals surface area (Å²) in [6, 6.07) is 11.1. The molecule has 0 radical (unpaired) electrons. The Morgan fingerprint density at radius 3 is 2.57 bits per heavy atom. The molecule has 1 amide bonds. The van der Waals surface area contributed by atoms with Crippen LogP contribution in [0.15, 0.2) is 60.0 Å². The van der Waals surface area contributed by atoms with Crippen LogP contribution in [0.25, 0.3) is 0 Å². The maximum atomic E-state index is 13.1.